The van der Waals surface area contributed by atoms with Crippen LogP contribution >= 0.6 is 0 Å². The minimum atomic E-state index is -3.26. The van der Waals surface area contributed by atoms with Gasteiger partial charge >= 0.3 is 6.03 Å². The number of sulfone groups is 1. The lowest BCUT2D eigenvalue weighted by Crippen LogP contribution is -2.32. The summed E-state index contributed by atoms with van der Waals surface area (Å²) in [6.45, 7) is 3.71. The van der Waals surface area contributed by atoms with Crippen molar-refractivity contribution in [2.24, 2.45) is 0 Å². The van der Waals surface area contributed by atoms with Crippen LogP contribution in [0.25, 0.3) is 0 Å². The molecule has 7 heteroatoms. The Hall–Kier alpha value is -2.67. The molecule has 1 aromatic heterocycles. The van der Waals surface area contributed by atoms with E-state index in [1.54, 1.807) is 30.6 Å². The van der Waals surface area contributed by atoms with Crippen LogP contribution in [0.2, 0.25) is 0 Å². The zero-order valence-corrected chi connectivity index (χ0v) is 14.1. The van der Waals surface area contributed by atoms with Crippen molar-refractivity contribution < 1.29 is 13.2 Å². The van der Waals surface area contributed by atoms with E-state index < -0.39 is 9.84 Å². The van der Waals surface area contributed by atoms with Crippen molar-refractivity contribution in [2.45, 2.75) is 17.4 Å². The van der Waals surface area contributed by atoms with E-state index in [-0.39, 0.29) is 17.0 Å². The van der Waals surface area contributed by atoms with Gasteiger partial charge in [0.2, 0.25) is 0 Å². The van der Waals surface area contributed by atoms with Gasteiger partial charge in [0.15, 0.2) is 9.84 Å². The largest absolute Gasteiger partial charge is 0.331 e. The van der Waals surface area contributed by atoms with Gasteiger partial charge in [-0.15, -0.1) is 6.58 Å². The number of urea groups is 1. The fraction of sp³-hybridized carbons (Fsp3) is 0.176. The van der Waals surface area contributed by atoms with Crippen molar-refractivity contribution in [1.29, 1.82) is 0 Å². The lowest BCUT2D eigenvalue weighted by molar-refractivity contribution is 0.248. The van der Waals surface area contributed by atoms with E-state index in [0.29, 0.717) is 12.1 Å². The summed E-state index contributed by atoms with van der Waals surface area (Å²) in [4.78, 5) is 16.3. The topological polar surface area (TPSA) is 88.2 Å². The molecule has 0 spiro atoms. The van der Waals surface area contributed by atoms with Crippen LogP contribution < -0.4 is 10.6 Å². The maximum absolute atomic E-state index is 12.2. The van der Waals surface area contributed by atoms with Gasteiger partial charge in [-0.3, -0.25) is 4.98 Å². The number of benzene rings is 1. The van der Waals surface area contributed by atoms with E-state index in [1.807, 2.05) is 12.1 Å². The van der Waals surface area contributed by atoms with E-state index in [1.165, 1.54) is 12.1 Å². The Bertz CT molecular complexity index is 803. The first-order valence-electron chi connectivity index (χ1n) is 7.28. The van der Waals surface area contributed by atoms with Crippen LogP contribution in [0.3, 0.4) is 0 Å². The Kier molecular flexibility index (Phi) is 5.70. The van der Waals surface area contributed by atoms with Crippen LogP contribution in [0.4, 0.5) is 10.5 Å². The van der Waals surface area contributed by atoms with E-state index in [0.717, 1.165) is 11.8 Å². The Morgan fingerprint density at radius 1 is 1.21 bits per heavy atom. The molecule has 2 N–H and O–H groups in total. The van der Waals surface area contributed by atoms with Gasteiger partial charge in [-0.05, 0) is 48.4 Å². The maximum atomic E-state index is 12.2. The number of amides is 2. The van der Waals surface area contributed by atoms with Crippen LogP contribution in [0.15, 0.2) is 66.3 Å². The van der Waals surface area contributed by atoms with Gasteiger partial charge in [0.05, 0.1) is 10.9 Å². The van der Waals surface area contributed by atoms with Crippen LogP contribution in [-0.2, 0) is 9.84 Å². The third-order valence-corrected chi connectivity index (χ3v) is 4.48. The Morgan fingerprint density at radius 2 is 1.83 bits per heavy atom. The van der Waals surface area contributed by atoms with E-state index in [9.17, 15) is 13.2 Å². The number of aromatic nitrogens is 1. The molecule has 0 fully saturated rings. The van der Waals surface area contributed by atoms with Crippen LogP contribution in [0, 0.1) is 0 Å². The molecule has 0 bridgehead atoms. The van der Waals surface area contributed by atoms with Crippen molar-refractivity contribution in [1.82, 2.24) is 10.3 Å². The van der Waals surface area contributed by atoms with Gasteiger partial charge < -0.3 is 10.6 Å². The summed E-state index contributed by atoms with van der Waals surface area (Å²) in [5, 5.41) is 5.54. The highest BCUT2D eigenvalue weighted by Gasteiger charge is 2.13. The van der Waals surface area contributed by atoms with Gasteiger partial charge in [-0.25, -0.2) is 13.2 Å². The normalized spacial score (nSPS) is 12.2. The summed E-state index contributed by atoms with van der Waals surface area (Å²) in [7, 11) is -3.26. The van der Waals surface area contributed by atoms with Gasteiger partial charge in [0.1, 0.15) is 0 Å². The van der Waals surface area contributed by atoms with Crippen LogP contribution in [0.1, 0.15) is 18.0 Å². The highest BCUT2D eigenvalue weighted by molar-refractivity contribution is 7.90. The number of carbonyl (C=O) groups is 1. The molecular weight excluding hydrogens is 326 g/mol. The molecule has 0 aliphatic carbocycles. The van der Waals surface area contributed by atoms with Gasteiger partial charge in [0, 0.05) is 24.3 Å². The summed E-state index contributed by atoms with van der Waals surface area (Å²) in [5.41, 5.74) is 1.43. The standard InChI is InChI=1S/C17H19N3O3S/c1-3-4-16(13-9-11-18-12-10-13)20-17(21)19-14-5-7-15(8-6-14)24(2,22)23/h3,5-12,16H,1,4H2,2H3,(H2,19,20,21)/t16-/m0/s1. The van der Waals surface area contributed by atoms with Crippen molar-refractivity contribution in [3.8, 4) is 0 Å². The fourth-order valence-corrected chi connectivity index (χ4v) is 2.78. The number of anilines is 1. The predicted molar refractivity (Wildman–Crippen MR) is 93.5 cm³/mol. The molecule has 0 saturated carbocycles. The molecule has 0 radical (unpaired) electrons. The molecule has 24 heavy (non-hydrogen) atoms. The van der Waals surface area contributed by atoms with Gasteiger partial charge in [-0.1, -0.05) is 6.08 Å². The van der Waals surface area contributed by atoms with Crippen molar-refractivity contribution in [3.05, 3.63) is 67.0 Å². The molecule has 0 unspecified atom stereocenters. The van der Waals surface area contributed by atoms with Crippen molar-refractivity contribution in [2.75, 3.05) is 11.6 Å². The predicted octanol–water partition coefficient (Wildman–Crippen LogP) is 2.92. The minimum absolute atomic E-state index is 0.203. The van der Waals surface area contributed by atoms with Gasteiger partial charge in [0.25, 0.3) is 0 Å². The summed E-state index contributed by atoms with van der Waals surface area (Å²) < 4.78 is 22.9. The molecule has 2 aromatic rings. The molecule has 6 nitrogen and oxygen atoms in total. The van der Waals surface area contributed by atoms with Crippen molar-refractivity contribution >= 4 is 21.6 Å². The zero-order valence-electron chi connectivity index (χ0n) is 13.3. The number of nitrogens with one attached hydrogen (secondary N) is 2. The fourth-order valence-electron chi connectivity index (χ4n) is 2.15. The summed E-state index contributed by atoms with van der Waals surface area (Å²) in [6, 6.07) is 9.05. The van der Waals surface area contributed by atoms with E-state index in [4.69, 9.17) is 0 Å². The second-order valence-corrected chi connectivity index (χ2v) is 7.27. The van der Waals surface area contributed by atoms with Crippen molar-refractivity contribution in [3.63, 3.8) is 0 Å². The minimum Gasteiger partial charge on any atom is -0.331 e. The zero-order chi connectivity index (χ0) is 17.6. The second kappa shape index (κ2) is 7.74. The molecule has 0 saturated heterocycles. The second-order valence-electron chi connectivity index (χ2n) is 5.25. The average Bonchev–Trinajstić information content (AvgIpc) is 2.55. The third-order valence-electron chi connectivity index (χ3n) is 3.36. The first-order valence-corrected chi connectivity index (χ1v) is 9.18. The Labute approximate surface area is 141 Å². The molecule has 1 aromatic carbocycles. The molecule has 2 amide bonds. The van der Waals surface area contributed by atoms with E-state index in [2.05, 4.69) is 22.2 Å². The number of hydrogen-bond acceptors (Lipinski definition) is 4. The number of nitrogens with zero attached hydrogens (tertiary/aromatic N) is 1. The van der Waals surface area contributed by atoms with E-state index >= 15 is 0 Å². The highest BCUT2D eigenvalue weighted by atomic mass is 32.2. The number of rotatable bonds is 6. The molecule has 126 valence electrons. The van der Waals surface area contributed by atoms with Crippen LogP contribution in [0.5, 0.6) is 0 Å². The highest BCUT2D eigenvalue weighted by Crippen LogP contribution is 2.17. The monoisotopic (exact) mass is 345 g/mol. The molecule has 1 atom stereocenters. The lowest BCUT2D eigenvalue weighted by Gasteiger charge is -2.18. The molecule has 1 heterocycles. The number of pyridine rings is 1. The van der Waals surface area contributed by atoms with Crippen LogP contribution in [-0.4, -0.2) is 25.7 Å². The number of hydrogen-bond donors (Lipinski definition) is 2. The summed E-state index contributed by atoms with van der Waals surface area (Å²) >= 11 is 0. The molecule has 0 aliphatic heterocycles. The quantitative estimate of drug-likeness (QED) is 0.788. The van der Waals surface area contributed by atoms with Gasteiger partial charge in [-0.2, -0.15) is 0 Å². The third kappa shape index (κ3) is 4.92. The maximum Gasteiger partial charge on any atom is 0.319 e. The summed E-state index contributed by atoms with van der Waals surface area (Å²) in [5.74, 6) is 0. The number of carbonyl (C=O) groups excluding carboxylic acids is 1. The first-order chi connectivity index (χ1) is 11.4. The molecular formula is C17H19N3O3S. The first kappa shape index (κ1) is 17.7. The Morgan fingerprint density at radius 3 is 2.38 bits per heavy atom. The Balaban J connectivity index is 2.04. The molecule has 2 rings (SSSR count). The lowest BCUT2D eigenvalue weighted by atomic mass is 10.1. The summed E-state index contributed by atoms with van der Waals surface area (Å²) in [6.07, 6.45) is 6.76. The molecule has 0 aliphatic rings. The SMILES string of the molecule is C=CC[C@H](NC(=O)Nc1ccc(S(C)(=O)=O)cc1)c1ccncc1. The smallest absolute Gasteiger partial charge is 0.319 e. The average molecular weight is 345 g/mol.